The van der Waals surface area contributed by atoms with E-state index in [4.69, 9.17) is 4.74 Å². The summed E-state index contributed by atoms with van der Waals surface area (Å²) in [5.41, 5.74) is 5.30. The number of carbonyl (C=O) groups excluding carboxylic acids is 2. The highest BCUT2D eigenvalue weighted by molar-refractivity contribution is 6.35. The normalized spacial score (nSPS) is 13.4. The van der Waals surface area contributed by atoms with E-state index in [9.17, 15) is 9.59 Å². The molecule has 128 valence electrons. The Bertz CT molecular complexity index is 817. The molecule has 1 aliphatic heterocycles. The van der Waals surface area contributed by atoms with E-state index in [0.29, 0.717) is 24.4 Å². The van der Waals surface area contributed by atoms with Gasteiger partial charge in [-0.2, -0.15) is 5.10 Å². The standard InChI is InChI=1S/C19H19N3O3/c1-25-17-9-5-4-7-15(17)12-20-21-18(23)19(24)22-11-10-14-6-2-3-8-16(14)13-22/h2-9,12H,10-11,13H2,1H3,(H,21,23)/b20-12-. The zero-order chi connectivity index (χ0) is 17.6. The fraction of sp³-hybridized carbons (Fsp3) is 0.211. The average Bonchev–Trinajstić information content (AvgIpc) is 2.67. The second kappa shape index (κ2) is 7.61. The third-order valence-electron chi connectivity index (χ3n) is 4.12. The highest BCUT2D eigenvalue weighted by atomic mass is 16.5. The lowest BCUT2D eigenvalue weighted by atomic mass is 10.00. The van der Waals surface area contributed by atoms with Crippen LogP contribution in [0.5, 0.6) is 5.75 Å². The fourth-order valence-electron chi connectivity index (χ4n) is 2.79. The predicted molar refractivity (Wildman–Crippen MR) is 94.3 cm³/mol. The first-order valence-corrected chi connectivity index (χ1v) is 8.01. The molecule has 0 saturated carbocycles. The van der Waals surface area contributed by atoms with Crippen molar-refractivity contribution in [1.82, 2.24) is 10.3 Å². The Hall–Kier alpha value is -3.15. The third-order valence-corrected chi connectivity index (χ3v) is 4.12. The monoisotopic (exact) mass is 337 g/mol. The van der Waals surface area contributed by atoms with E-state index in [2.05, 4.69) is 16.6 Å². The minimum absolute atomic E-state index is 0.443. The van der Waals surface area contributed by atoms with E-state index >= 15 is 0 Å². The molecule has 25 heavy (non-hydrogen) atoms. The van der Waals surface area contributed by atoms with Crippen molar-refractivity contribution in [3.05, 3.63) is 65.2 Å². The quantitative estimate of drug-likeness (QED) is 0.527. The van der Waals surface area contributed by atoms with Crippen LogP contribution in [0.25, 0.3) is 0 Å². The molecule has 0 aromatic heterocycles. The maximum absolute atomic E-state index is 12.3. The van der Waals surface area contributed by atoms with E-state index in [1.165, 1.54) is 16.7 Å². The third kappa shape index (κ3) is 3.85. The molecule has 6 nitrogen and oxygen atoms in total. The number of hydrogen-bond acceptors (Lipinski definition) is 4. The van der Waals surface area contributed by atoms with Crippen LogP contribution in [0.4, 0.5) is 0 Å². The second-order valence-corrected chi connectivity index (χ2v) is 5.69. The Kier molecular flexibility index (Phi) is 5.09. The lowest BCUT2D eigenvalue weighted by Crippen LogP contribution is -2.43. The van der Waals surface area contributed by atoms with Gasteiger partial charge in [-0.25, -0.2) is 5.43 Å². The van der Waals surface area contributed by atoms with Gasteiger partial charge in [0.25, 0.3) is 0 Å². The second-order valence-electron chi connectivity index (χ2n) is 5.69. The maximum atomic E-state index is 12.3. The van der Waals surface area contributed by atoms with Crippen molar-refractivity contribution in [1.29, 1.82) is 0 Å². The molecular formula is C19H19N3O3. The first-order valence-electron chi connectivity index (χ1n) is 8.01. The first kappa shape index (κ1) is 16.7. The Morgan fingerprint density at radius 2 is 1.84 bits per heavy atom. The number of para-hydroxylation sites is 1. The average molecular weight is 337 g/mol. The molecule has 1 heterocycles. The Balaban J connectivity index is 1.60. The minimum Gasteiger partial charge on any atom is -0.496 e. The summed E-state index contributed by atoms with van der Waals surface area (Å²) in [5.74, 6) is -0.684. The van der Waals surface area contributed by atoms with Crippen molar-refractivity contribution in [2.45, 2.75) is 13.0 Å². The van der Waals surface area contributed by atoms with Crippen LogP contribution < -0.4 is 10.2 Å². The van der Waals surface area contributed by atoms with Gasteiger partial charge in [-0.3, -0.25) is 9.59 Å². The van der Waals surface area contributed by atoms with Gasteiger partial charge >= 0.3 is 11.8 Å². The fourth-order valence-corrected chi connectivity index (χ4v) is 2.79. The van der Waals surface area contributed by atoms with Crippen molar-refractivity contribution in [3.8, 4) is 5.75 Å². The molecule has 1 N–H and O–H groups in total. The van der Waals surface area contributed by atoms with Gasteiger partial charge in [0, 0.05) is 18.7 Å². The smallest absolute Gasteiger partial charge is 0.329 e. The molecule has 0 bridgehead atoms. The van der Waals surface area contributed by atoms with Crippen molar-refractivity contribution in [2.75, 3.05) is 13.7 Å². The van der Waals surface area contributed by atoms with Gasteiger partial charge in [0.1, 0.15) is 5.75 Å². The van der Waals surface area contributed by atoms with Gasteiger partial charge in [-0.15, -0.1) is 0 Å². The van der Waals surface area contributed by atoms with E-state index in [1.54, 1.807) is 19.2 Å². The molecule has 0 saturated heterocycles. The molecule has 0 radical (unpaired) electrons. The topological polar surface area (TPSA) is 71.0 Å². The lowest BCUT2D eigenvalue weighted by molar-refractivity contribution is -0.146. The maximum Gasteiger partial charge on any atom is 0.329 e. The summed E-state index contributed by atoms with van der Waals surface area (Å²) in [6.07, 6.45) is 2.20. The van der Waals surface area contributed by atoms with Crippen LogP contribution in [-0.4, -0.2) is 36.6 Å². The highest BCUT2D eigenvalue weighted by Gasteiger charge is 2.25. The van der Waals surface area contributed by atoms with Crippen LogP contribution in [0.3, 0.4) is 0 Å². The largest absolute Gasteiger partial charge is 0.496 e. The molecule has 2 amide bonds. The van der Waals surface area contributed by atoms with Gasteiger partial charge < -0.3 is 9.64 Å². The molecule has 2 aromatic rings. The molecule has 0 atom stereocenters. The number of rotatable bonds is 3. The number of methoxy groups -OCH3 is 1. The number of carbonyl (C=O) groups is 2. The number of nitrogens with zero attached hydrogens (tertiary/aromatic N) is 2. The van der Waals surface area contributed by atoms with Crippen LogP contribution in [-0.2, 0) is 22.6 Å². The Morgan fingerprint density at radius 3 is 2.64 bits per heavy atom. The van der Waals surface area contributed by atoms with Crippen molar-refractivity contribution in [2.24, 2.45) is 5.10 Å². The molecule has 0 fully saturated rings. The predicted octanol–water partition coefficient (Wildman–Crippen LogP) is 1.73. The molecular weight excluding hydrogens is 318 g/mol. The van der Waals surface area contributed by atoms with Gasteiger partial charge in [0.15, 0.2) is 0 Å². The molecule has 6 heteroatoms. The molecule has 0 aliphatic carbocycles. The summed E-state index contributed by atoms with van der Waals surface area (Å²) in [7, 11) is 1.56. The number of ether oxygens (including phenoxy) is 1. The summed E-state index contributed by atoms with van der Waals surface area (Å²) >= 11 is 0. The van der Waals surface area contributed by atoms with Gasteiger partial charge in [-0.05, 0) is 29.7 Å². The Morgan fingerprint density at radius 1 is 1.12 bits per heavy atom. The van der Waals surface area contributed by atoms with Crippen LogP contribution in [0.2, 0.25) is 0 Å². The molecule has 0 spiro atoms. The summed E-state index contributed by atoms with van der Waals surface area (Å²) < 4.78 is 5.20. The number of amides is 2. The van der Waals surface area contributed by atoms with Crippen LogP contribution in [0, 0.1) is 0 Å². The minimum atomic E-state index is -0.745. The number of hydrogen-bond donors (Lipinski definition) is 1. The number of benzene rings is 2. The van der Waals surface area contributed by atoms with E-state index in [1.807, 2.05) is 30.3 Å². The Labute approximate surface area is 146 Å². The van der Waals surface area contributed by atoms with Gasteiger partial charge in [0.2, 0.25) is 0 Å². The summed E-state index contributed by atoms with van der Waals surface area (Å²) in [4.78, 5) is 25.9. The number of hydrazone groups is 1. The van der Waals surface area contributed by atoms with E-state index < -0.39 is 11.8 Å². The molecule has 1 aliphatic rings. The van der Waals surface area contributed by atoms with E-state index in [0.717, 1.165) is 12.0 Å². The summed E-state index contributed by atoms with van der Waals surface area (Å²) in [5, 5.41) is 3.86. The number of nitrogens with one attached hydrogen (secondary N) is 1. The molecule has 3 rings (SSSR count). The SMILES string of the molecule is COc1ccccc1/C=N\NC(=O)C(=O)N1CCc2ccccc2C1. The van der Waals surface area contributed by atoms with E-state index in [-0.39, 0.29) is 0 Å². The van der Waals surface area contributed by atoms with Crippen molar-refractivity contribution < 1.29 is 14.3 Å². The van der Waals surface area contributed by atoms with Crippen molar-refractivity contribution in [3.63, 3.8) is 0 Å². The zero-order valence-corrected chi connectivity index (χ0v) is 13.9. The lowest BCUT2D eigenvalue weighted by Gasteiger charge is -2.27. The molecule has 0 unspecified atom stereocenters. The van der Waals surface area contributed by atoms with Gasteiger partial charge in [0.05, 0.1) is 13.3 Å². The van der Waals surface area contributed by atoms with Gasteiger partial charge in [-0.1, -0.05) is 36.4 Å². The zero-order valence-electron chi connectivity index (χ0n) is 13.9. The first-order chi connectivity index (χ1) is 12.2. The highest BCUT2D eigenvalue weighted by Crippen LogP contribution is 2.18. The number of fused-ring (bicyclic) bond motifs is 1. The van der Waals surface area contributed by atoms with Crippen LogP contribution in [0.1, 0.15) is 16.7 Å². The van der Waals surface area contributed by atoms with Crippen molar-refractivity contribution >= 4 is 18.0 Å². The molecule has 2 aromatic carbocycles. The summed E-state index contributed by atoms with van der Waals surface area (Å²) in [6.45, 7) is 0.970. The van der Waals surface area contributed by atoms with Crippen LogP contribution in [0.15, 0.2) is 53.6 Å². The summed E-state index contributed by atoms with van der Waals surface area (Å²) in [6, 6.07) is 15.2. The van der Waals surface area contributed by atoms with Crippen LogP contribution >= 0.6 is 0 Å².